The number of carbonyl (C=O) groups excluding carboxylic acids is 1. The van der Waals surface area contributed by atoms with Crippen LogP contribution < -0.4 is 0 Å². The van der Waals surface area contributed by atoms with Crippen LogP contribution in [-0.2, 0) is 17.9 Å². The van der Waals surface area contributed by atoms with Crippen molar-refractivity contribution >= 4 is 5.91 Å². The molecule has 0 aliphatic rings. The summed E-state index contributed by atoms with van der Waals surface area (Å²) >= 11 is 0. The lowest BCUT2D eigenvalue weighted by Gasteiger charge is -2.26. The first-order valence-electron chi connectivity index (χ1n) is 7.42. The SMILES string of the molecule is COCc1ccc(C(=O)N(Cc2ccc(C#N)cc2)C(C)C)o1. The number of hydrogen-bond acceptors (Lipinski definition) is 4. The van der Waals surface area contributed by atoms with Crippen molar-refractivity contribution in [1.29, 1.82) is 5.26 Å². The van der Waals surface area contributed by atoms with Crippen LogP contribution in [0, 0.1) is 11.3 Å². The van der Waals surface area contributed by atoms with Gasteiger partial charge in [0.25, 0.3) is 5.91 Å². The maximum absolute atomic E-state index is 12.7. The van der Waals surface area contributed by atoms with E-state index in [1.54, 1.807) is 36.3 Å². The molecule has 0 radical (unpaired) electrons. The van der Waals surface area contributed by atoms with E-state index in [0.29, 0.717) is 30.2 Å². The fraction of sp³-hybridized carbons (Fsp3) is 0.333. The van der Waals surface area contributed by atoms with E-state index < -0.39 is 0 Å². The van der Waals surface area contributed by atoms with E-state index in [1.807, 2.05) is 26.0 Å². The van der Waals surface area contributed by atoms with Gasteiger partial charge in [0.15, 0.2) is 5.76 Å². The molecule has 1 heterocycles. The fourth-order valence-electron chi connectivity index (χ4n) is 2.22. The van der Waals surface area contributed by atoms with Gasteiger partial charge in [0.1, 0.15) is 12.4 Å². The van der Waals surface area contributed by atoms with Crippen molar-refractivity contribution in [3.8, 4) is 6.07 Å². The van der Waals surface area contributed by atoms with Gasteiger partial charge in [-0.3, -0.25) is 4.79 Å². The highest BCUT2D eigenvalue weighted by molar-refractivity contribution is 5.91. The van der Waals surface area contributed by atoms with E-state index >= 15 is 0 Å². The van der Waals surface area contributed by atoms with Crippen LogP contribution in [0.2, 0.25) is 0 Å². The van der Waals surface area contributed by atoms with Crippen LogP contribution in [0.1, 0.15) is 41.3 Å². The largest absolute Gasteiger partial charge is 0.453 e. The number of carbonyl (C=O) groups is 1. The van der Waals surface area contributed by atoms with Gasteiger partial charge in [-0.1, -0.05) is 12.1 Å². The number of amides is 1. The van der Waals surface area contributed by atoms with Crippen molar-refractivity contribution in [1.82, 2.24) is 4.90 Å². The van der Waals surface area contributed by atoms with Gasteiger partial charge in [0.2, 0.25) is 0 Å². The summed E-state index contributed by atoms with van der Waals surface area (Å²) in [6, 6.07) is 12.8. The molecule has 0 bridgehead atoms. The molecule has 0 aliphatic carbocycles. The molecule has 2 rings (SSSR count). The van der Waals surface area contributed by atoms with Crippen molar-refractivity contribution < 1.29 is 13.9 Å². The lowest BCUT2D eigenvalue weighted by atomic mass is 10.1. The lowest BCUT2D eigenvalue weighted by molar-refractivity contribution is 0.0650. The molecular weight excluding hydrogens is 292 g/mol. The van der Waals surface area contributed by atoms with Gasteiger partial charge in [0, 0.05) is 19.7 Å². The first-order chi connectivity index (χ1) is 11.0. The first kappa shape index (κ1) is 16.8. The lowest BCUT2D eigenvalue weighted by Crippen LogP contribution is -2.36. The van der Waals surface area contributed by atoms with Gasteiger partial charge < -0.3 is 14.1 Å². The Morgan fingerprint density at radius 2 is 1.96 bits per heavy atom. The minimum atomic E-state index is -0.160. The second-order valence-electron chi connectivity index (χ2n) is 5.53. The number of benzene rings is 1. The number of hydrogen-bond donors (Lipinski definition) is 0. The third-order valence-electron chi connectivity index (χ3n) is 3.48. The minimum absolute atomic E-state index is 0.0223. The van der Waals surface area contributed by atoms with Crippen molar-refractivity contribution in [2.45, 2.75) is 33.0 Å². The zero-order chi connectivity index (χ0) is 16.8. The molecule has 0 atom stereocenters. The molecule has 1 aromatic carbocycles. The maximum Gasteiger partial charge on any atom is 0.290 e. The molecule has 0 fully saturated rings. The molecule has 0 aliphatic heterocycles. The van der Waals surface area contributed by atoms with E-state index in [4.69, 9.17) is 14.4 Å². The second kappa shape index (κ2) is 7.61. The number of rotatable bonds is 6. The average Bonchev–Trinajstić information content (AvgIpc) is 3.01. The van der Waals surface area contributed by atoms with E-state index in [2.05, 4.69) is 6.07 Å². The summed E-state index contributed by atoms with van der Waals surface area (Å²) in [5.41, 5.74) is 1.57. The number of nitriles is 1. The van der Waals surface area contributed by atoms with Gasteiger partial charge in [-0.05, 0) is 43.7 Å². The molecule has 1 amide bonds. The molecule has 0 unspecified atom stereocenters. The highest BCUT2D eigenvalue weighted by Crippen LogP contribution is 2.16. The summed E-state index contributed by atoms with van der Waals surface area (Å²) in [7, 11) is 1.58. The smallest absolute Gasteiger partial charge is 0.290 e. The quantitative estimate of drug-likeness (QED) is 0.820. The summed E-state index contributed by atoms with van der Waals surface area (Å²) in [6.07, 6.45) is 0. The third kappa shape index (κ3) is 4.21. The molecular formula is C18H20N2O3. The van der Waals surface area contributed by atoms with Crippen molar-refractivity contribution in [2.24, 2.45) is 0 Å². The van der Waals surface area contributed by atoms with E-state index in [0.717, 1.165) is 5.56 Å². The molecule has 0 saturated carbocycles. The number of nitrogens with zero attached hydrogens (tertiary/aromatic N) is 2. The molecule has 0 saturated heterocycles. The Hall–Kier alpha value is -2.58. The zero-order valence-electron chi connectivity index (χ0n) is 13.6. The second-order valence-corrected chi connectivity index (χ2v) is 5.53. The van der Waals surface area contributed by atoms with Gasteiger partial charge in [-0.15, -0.1) is 0 Å². The Bertz CT molecular complexity index is 696. The normalized spacial score (nSPS) is 10.6. The van der Waals surface area contributed by atoms with Crippen LogP contribution in [0.25, 0.3) is 0 Å². The van der Waals surface area contributed by atoms with Crippen molar-refractivity contribution in [3.05, 3.63) is 59.0 Å². The Labute approximate surface area is 136 Å². The molecule has 2 aromatic rings. The predicted molar refractivity (Wildman–Crippen MR) is 85.6 cm³/mol. The molecule has 5 heteroatoms. The Morgan fingerprint density at radius 1 is 1.26 bits per heavy atom. The van der Waals surface area contributed by atoms with Crippen LogP contribution in [-0.4, -0.2) is 24.0 Å². The molecule has 120 valence electrons. The third-order valence-corrected chi connectivity index (χ3v) is 3.48. The monoisotopic (exact) mass is 312 g/mol. The zero-order valence-corrected chi connectivity index (χ0v) is 13.6. The average molecular weight is 312 g/mol. The molecule has 0 spiro atoms. The summed E-state index contributed by atoms with van der Waals surface area (Å²) in [4.78, 5) is 14.4. The summed E-state index contributed by atoms with van der Waals surface area (Å²) in [5.74, 6) is 0.768. The van der Waals surface area contributed by atoms with Crippen LogP contribution in [0.4, 0.5) is 0 Å². The number of ether oxygens (including phenoxy) is 1. The Kier molecular flexibility index (Phi) is 5.56. The maximum atomic E-state index is 12.7. The van der Waals surface area contributed by atoms with Crippen LogP contribution in [0.15, 0.2) is 40.8 Å². The predicted octanol–water partition coefficient (Wildman–Crippen LogP) is 3.35. The van der Waals surface area contributed by atoms with Crippen molar-refractivity contribution in [3.63, 3.8) is 0 Å². The highest BCUT2D eigenvalue weighted by Gasteiger charge is 2.22. The molecule has 1 aromatic heterocycles. The van der Waals surface area contributed by atoms with E-state index in [-0.39, 0.29) is 11.9 Å². The summed E-state index contributed by atoms with van der Waals surface area (Å²) < 4.78 is 10.5. The summed E-state index contributed by atoms with van der Waals surface area (Å²) in [6.45, 7) is 4.72. The topological polar surface area (TPSA) is 66.5 Å². The number of methoxy groups -OCH3 is 1. The first-order valence-corrected chi connectivity index (χ1v) is 7.42. The minimum Gasteiger partial charge on any atom is -0.453 e. The van der Waals surface area contributed by atoms with Crippen LogP contribution in [0.5, 0.6) is 0 Å². The molecule has 23 heavy (non-hydrogen) atoms. The van der Waals surface area contributed by atoms with Gasteiger partial charge >= 0.3 is 0 Å². The van der Waals surface area contributed by atoms with E-state index in [1.165, 1.54) is 0 Å². The van der Waals surface area contributed by atoms with Crippen LogP contribution in [0.3, 0.4) is 0 Å². The van der Waals surface area contributed by atoms with E-state index in [9.17, 15) is 4.79 Å². The molecule has 5 nitrogen and oxygen atoms in total. The number of furan rings is 1. The standard InChI is InChI=1S/C18H20N2O3/c1-13(2)20(11-15-6-4-14(10-19)5-7-15)18(21)17-9-8-16(23-17)12-22-3/h4-9,13H,11-12H2,1-3H3. The van der Waals surface area contributed by atoms with Gasteiger partial charge in [-0.25, -0.2) is 0 Å². The van der Waals surface area contributed by atoms with Gasteiger partial charge in [-0.2, -0.15) is 5.26 Å². The Balaban J connectivity index is 2.16. The highest BCUT2D eigenvalue weighted by atomic mass is 16.5. The fourth-order valence-corrected chi connectivity index (χ4v) is 2.22. The Morgan fingerprint density at radius 3 is 2.52 bits per heavy atom. The van der Waals surface area contributed by atoms with Gasteiger partial charge in [0.05, 0.1) is 11.6 Å². The molecule has 0 N–H and O–H groups in total. The van der Waals surface area contributed by atoms with Crippen molar-refractivity contribution in [2.75, 3.05) is 7.11 Å². The summed E-state index contributed by atoms with van der Waals surface area (Å²) in [5, 5.41) is 8.84. The van der Waals surface area contributed by atoms with Crippen LogP contribution >= 0.6 is 0 Å².